The highest BCUT2D eigenvalue weighted by Crippen LogP contribution is 2.26. The van der Waals surface area contributed by atoms with Crippen molar-refractivity contribution in [2.75, 3.05) is 0 Å². The van der Waals surface area contributed by atoms with Crippen molar-refractivity contribution in [1.82, 2.24) is 14.7 Å². The Kier molecular flexibility index (Phi) is 5.00. The van der Waals surface area contributed by atoms with Crippen LogP contribution in [0.1, 0.15) is 22.6 Å². The molecule has 0 atom stereocenters. The van der Waals surface area contributed by atoms with Crippen LogP contribution < -0.4 is 5.56 Å². The van der Waals surface area contributed by atoms with Crippen LogP contribution in [0.5, 0.6) is 0 Å². The summed E-state index contributed by atoms with van der Waals surface area (Å²) in [6.07, 6.45) is 0. The van der Waals surface area contributed by atoms with Gasteiger partial charge >= 0.3 is 0 Å². The number of aromatic nitrogens is 3. The van der Waals surface area contributed by atoms with Crippen molar-refractivity contribution in [3.63, 3.8) is 0 Å². The Balaban J connectivity index is 1.76. The average Bonchev–Trinajstić information content (AvgIpc) is 3.02. The molecular weight excluding hydrogens is 377 g/mol. The number of nitrogens with zero attached hydrogens (tertiary/aromatic N) is 3. The van der Waals surface area contributed by atoms with Crippen LogP contribution in [-0.4, -0.2) is 14.7 Å². The first-order valence-electron chi connectivity index (χ1n) is 8.81. The van der Waals surface area contributed by atoms with Crippen LogP contribution in [0.25, 0.3) is 10.9 Å². The second kappa shape index (κ2) is 7.59. The summed E-state index contributed by atoms with van der Waals surface area (Å²) in [4.78, 5) is 17.8. The Morgan fingerprint density at radius 3 is 2.57 bits per heavy atom. The number of benzene rings is 2. The number of thioether (sulfide) groups is 1. The predicted octanol–water partition coefficient (Wildman–Crippen LogP) is 4.48. The Hall–Kier alpha value is -2.93. The smallest absolute Gasteiger partial charge is 0.262 e. The summed E-state index contributed by atoms with van der Waals surface area (Å²) in [5, 5.41) is 5.15. The van der Waals surface area contributed by atoms with Crippen LogP contribution in [0, 0.1) is 19.7 Å². The van der Waals surface area contributed by atoms with Crippen LogP contribution in [0.2, 0.25) is 0 Å². The van der Waals surface area contributed by atoms with E-state index in [1.807, 2.05) is 32.0 Å². The standard InChI is InChI=1S/C21H18FN3O2S/c1-13-18(14(2)27-24-13)12-28-21-23-19-6-4-3-5-17(19)20(26)25(21)11-15-7-9-16(22)10-8-15/h3-10H,11-12H2,1-2H3. The molecule has 0 saturated heterocycles. The van der Waals surface area contributed by atoms with Gasteiger partial charge in [-0.3, -0.25) is 9.36 Å². The molecule has 28 heavy (non-hydrogen) atoms. The molecule has 0 spiro atoms. The molecule has 0 amide bonds. The lowest BCUT2D eigenvalue weighted by Gasteiger charge is -2.13. The van der Waals surface area contributed by atoms with Gasteiger partial charge in [0.25, 0.3) is 5.56 Å². The van der Waals surface area contributed by atoms with Crippen molar-refractivity contribution in [3.8, 4) is 0 Å². The van der Waals surface area contributed by atoms with E-state index in [2.05, 4.69) is 5.16 Å². The lowest BCUT2D eigenvalue weighted by Crippen LogP contribution is -2.24. The highest BCUT2D eigenvalue weighted by atomic mass is 32.2. The molecule has 2 aromatic heterocycles. The van der Waals surface area contributed by atoms with Crippen molar-refractivity contribution < 1.29 is 8.91 Å². The molecule has 0 radical (unpaired) electrons. The fourth-order valence-electron chi connectivity index (χ4n) is 3.01. The molecule has 5 nitrogen and oxygen atoms in total. The quantitative estimate of drug-likeness (QED) is 0.368. The van der Waals surface area contributed by atoms with Crippen molar-refractivity contribution >= 4 is 22.7 Å². The van der Waals surface area contributed by atoms with Gasteiger partial charge in [0.05, 0.1) is 23.1 Å². The number of para-hydroxylation sites is 1. The van der Waals surface area contributed by atoms with E-state index in [1.54, 1.807) is 22.8 Å². The fourth-order valence-corrected chi connectivity index (χ4v) is 4.17. The third kappa shape index (κ3) is 3.57. The van der Waals surface area contributed by atoms with Crippen molar-refractivity contribution in [2.45, 2.75) is 31.3 Å². The average molecular weight is 395 g/mol. The molecule has 2 aromatic carbocycles. The summed E-state index contributed by atoms with van der Waals surface area (Å²) in [5.41, 5.74) is 3.21. The number of halogens is 1. The topological polar surface area (TPSA) is 60.9 Å². The van der Waals surface area contributed by atoms with Gasteiger partial charge in [-0.1, -0.05) is 41.2 Å². The van der Waals surface area contributed by atoms with Gasteiger partial charge in [0.1, 0.15) is 11.6 Å². The summed E-state index contributed by atoms with van der Waals surface area (Å²) in [6, 6.07) is 13.4. The lowest BCUT2D eigenvalue weighted by atomic mass is 10.2. The Bertz CT molecular complexity index is 1180. The Labute approximate surface area is 165 Å². The fraction of sp³-hybridized carbons (Fsp3) is 0.190. The minimum Gasteiger partial charge on any atom is -0.361 e. The van der Waals surface area contributed by atoms with Crippen LogP contribution in [-0.2, 0) is 12.3 Å². The summed E-state index contributed by atoms with van der Waals surface area (Å²) >= 11 is 1.46. The van der Waals surface area contributed by atoms with E-state index < -0.39 is 0 Å². The van der Waals surface area contributed by atoms with Crippen molar-refractivity contribution in [3.05, 3.63) is 87.3 Å². The summed E-state index contributed by atoms with van der Waals surface area (Å²) < 4.78 is 20.1. The maximum Gasteiger partial charge on any atom is 0.262 e. The third-order valence-corrected chi connectivity index (χ3v) is 5.61. The molecule has 0 bridgehead atoms. The zero-order valence-corrected chi connectivity index (χ0v) is 16.3. The minimum absolute atomic E-state index is 0.115. The summed E-state index contributed by atoms with van der Waals surface area (Å²) in [6.45, 7) is 4.09. The monoisotopic (exact) mass is 395 g/mol. The van der Waals surface area contributed by atoms with Gasteiger partial charge in [-0.15, -0.1) is 0 Å². The number of rotatable bonds is 5. The first-order valence-corrected chi connectivity index (χ1v) is 9.80. The largest absolute Gasteiger partial charge is 0.361 e. The van der Waals surface area contributed by atoms with E-state index in [9.17, 15) is 9.18 Å². The molecule has 0 fully saturated rings. The van der Waals surface area contributed by atoms with E-state index in [-0.39, 0.29) is 11.4 Å². The molecule has 0 aliphatic heterocycles. The molecule has 4 aromatic rings. The number of hydrogen-bond donors (Lipinski definition) is 0. The molecule has 0 aliphatic rings. The molecule has 0 saturated carbocycles. The second-order valence-electron chi connectivity index (χ2n) is 6.52. The van der Waals surface area contributed by atoms with Gasteiger partial charge in [0.2, 0.25) is 0 Å². The SMILES string of the molecule is Cc1noc(C)c1CSc1nc2ccccc2c(=O)n1Cc1ccc(F)cc1. The predicted molar refractivity (Wildman–Crippen MR) is 107 cm³/mol. The molecule has 7 heteroatoms. The Morgan fingerprint density at radius 1 is 1.11 bits per heavy atom. The van der Waals surface area contributed by atoms with Gasteiger partial charge in [0, 0.05) is 11.3 Å². The van der Waals surface area contributed by atoms with Gasteiger partial charge in [0.15, 0.2) is 5.16 Å². The summed E-state index contributed by atoms with van der Waals surface area (Å²) in [5.74, 6) is 1.05. The Morgan fingerprint density at radius 2 is 1.86 bits per heavy atom. The number of hydrogen-bond acceptors (Lipinski definition) is 5. The van der Waals surface area contributed by atoms with Gasteiger partial charge in [-0.25, -0.2) is 9.37 Å². The molecule has 142 valence electrons. The second-order valence-corrected chi connectivity index (χ2v) is 7.46. The van der Waals surface area contributed by atoms with Gasteiger partial charge in [-0.05, 0) is 43.7 Å². The van der Waals surface area contributed by atoms with Crippen LogP contribution in [0.3, 0.4) is 0 Å². The maximum absolute atomic E-state index is 13.2. The van der Waals surface area contributed by atoms with Crippen LogP contribution in [0.15, 0.2) is 63.0 Å². The van der Waals surface area contributed by atoms with Crippen LogP contribution >= 0.6 is 11.8 Å². The highest BCUT2D eigenvalue weighted by molar-refractivity contribution is 7.98. The molecule has 0 aliphatic carbocycles. The molecule has 4 rings (SSSR count). The molecule has 2 heterocycles. The van der Waals surface area contributed by atoms with E-state index in [4.69, 9.17) is 9.51 Å². The molecule has 0 N–H and O–H groups in total. The van der Waals surface area contributed by atoms with Crippen molar-refractivity contribution in [1.29, 1.82) is 0 Å². The zero-order chi connectivity index (χ0) is 19.7. The lowest BCUT2D eigenvalue weighted by molar-refractivity contribution is 0.392. The van der Waals surface area contributed by atoms with Crippen LogP contribution in [0.4, 0.5) is 4.39 Å². The minimum atomic E-state index is -0.305. The van der Waals surface area contributed by atoms with Crippen molar-refractivity contribution in [2.24, 2.45) is 0 Å². The maximum atomic E-state index is 13.2. The first kappa shape index (κ1) is 18.4. The zero-order valence-electron chi connectivity index (χ0n) is 15.5. The van der Waals surface area contributed by atoms with E-state index in [0.717, 1.165) is 22.6 Å². The van der Waals surface area contributed by atoms with E-state index in [0.29, 0.717) is 28.4 Å². The number of aryl methyl sites for hydroxylation is 2. The molecular formula is C21H18FN3O2S. The van der Waals surface area contributed by atoms with Gasteiger partial charge in [-0.2, -0.15) is 0 Å². The summed E-state index contributed by atoms with van der Waals surface area (Å²) in [7, 11) is 0. The van der Waals surface area contributed by atoms with Gasteiger partial charge < -0.3 is 4.52 Å². The normalized spacial score (nSPS) is 11.2. The highest BCUT2D eigenvalue weighted by Gasteiger charge is 2.15. The van der Waals surface area contributed by atoms with E-state index >= 15 is 0 Å². The number of fused-ring (bicyclic) bond motifs is 1. The first-order chi connectivity index (χ1) is 13.5. The molecule has 0 unspecified atom stereocenters. The third-order valence-electron chi connectivity index (χ3n) is 4.61. The van der Waals surface area contributed by atoms with E-state index in [1.165, 1.54) is 23.9 Å².